The number of ether oxygens (including phenoxy) is 2. The van der Waals surface area contributed by atoms with E-state index in [1.165, 1.54) is 40.5 Å². The molecule has 0 aliphatic carbocycles. The second-order valence-corrected chi connectivity index (χ2v) is 16.6. The Morgan fingerprint density at radius 3 is 1.62 bits per heavy atom. The number of anilines is 2. The fourth-order valence-electron chi connectivity index (χ4n) is 5.79. The zero-order chi connectivity index (χ0) is 38.9. The van der Waals surface area contributed by atoms with Gasteiger partial charge in [-0.2, -0.15) is 4.31 Å². The number of nitrogen functional groups attached to an aromatic ring is 2. The minimum atomic E-state index is -5.88. The molecule has 0 saturated carbocycles. The lowest BCUT2D eigenvalue weighted by atomic mass is 10.1. The Kier molecular flexibility index (Phi) is 10.4. The van der Waals surface area contributed by atoms with Crippen molar-refractivity contribution >= 4 is 64.9 Å². The molecule has 2 fully saturated rings. The van der Waals surface area contributed by atoms with Gasteiger partial charge < -0.3 is 55.7 Å². The number of nitrogens with two attached hydrogens (primary N) is 2. The number of fused-ring (bicyclic) bond motifs is 2. The van der Waals surface area contributed by atoms with Gasteiger partial charge in [-0.25, -0.2) is 22.6 Å². The molecular formula is C22H32BN10O17P3+2. The number of phosphoric ester groups is 1. The van der Waals surface area contributed by atoms with Gasteiger partial charge in [0.1, 0.15) is 36.6 Å². The molecule has 2 aliphatic rings. The predicted molar refractivity (Wildman–Crippen MR) is 171 cm³/mol. The number of nitrogens with zero attached hydrogens (tertiary/aromatic N) is 6. The number of aliphatic hydroxyl groups is 4. The maximum absolute atomic E-state index is 12.7. The number of hydrogen-bond acceptors (Lipinski definition) is 19. The van der Waals surface area contributed by atoms with E-state index in [1.807, 2.05) is 0 Å². The molecule has 2 radical (unpaired) electrons. The van der Waals surface area contributed by atoms with Crippen LogP contribution in [0.3, 0.4) is 0 Å². The van der Waals surface area contributed by atoms with Gasteiger partial charge in [0, 0.05) is 0 Å². The highest BCUT2D eigenvalue weighted by molar-refractivity contribution is 7.84. The number of imidazole rings is 2. The number of aromatic nitrogens is 8. The van der Waals surface area contributed by atoms with E-state index in [9.17, 15) is 53.5 Å². The maximum atomic E-state index is 12.7. The summed E-state index contributed by atoms with van der Waals surface area (Å²) in [4.78, 5) is 57.4. The van der Waals surface area contributed by atoms with E-state index in [2.05, 4.69) is 33.1 Å². The molecule has 31 heteroatoms. The fourth-order valence-corrected chi connectivity index (χ4v) is 9.43. The summed E-state index contributed by atoms with van der Waals surface area (Å²) in [6.07, 6.45) is -10.3. The van der Waals surface area contributed by atoms with Gasteiger partial charge in [0.2, 0.25) is 31.1 Å². The van der Waals surface area contributed by atoms with Crippen molar-refractivity contribution in [1.29, 1.82) is 0 Å². The van der Waals surface area contributed by atoms with Crippen molar-refractivity contribution in [2.45, 2.75) is 49.1 Å². The van der Waals surface area contributed by atoms with Crippen LogP contribution in [0.2, 0.25) is 0 Å². The zero-order valence-corrected chi connectivity index (χ0v) is 29.8. The number of phosphoric acid groups is 2. The highest BCUT2D eigenvalue weighted by Crippen LogP contribution is 2.67. The summed E-state index contributed by atoms with van der Waals surface area (Å²) in [5.41, 5.74) is 9.96. The van der Waals surface area contributed by atoms with E-state index in [-0.39, 0.29) is 34.2 Å². The van der Waals surface area contributed by atoms with Crippen LogP contribution in [0.15, 0.2) is 22.2 Å². The largest absolute Gasteiger partial charge is 0.487 e. The van der Waals surface area contributed by atoms with Crippen molar-refractivity contribution in [2.24, 2.45) is 14.1 Å². The maximum Gasteiger partial charge on any atom is 0.487 e. The van der Waals surface area contributed by atoms with E-state index in [0.29, 0.717) is 0 Å². The van der Waals surface area contributed by atoms with Crippen molar-refractivity contribution in [1.82, 2.24) is 29.1 Å². The third kappa shape index (κ3) is 7.75. The Labute approximate surface area is 295 Å². The lowest BCUT2D eigenvalue weighted by molar-refractivity contribution is -0.746. The normalized spacial score (nSPS) is 29.7. The van der Waals surface area contributed by atoms with E-state index < -0.39 is 96.5 Å². The smallest absolute Gasteiger partial charge is 0.387 e. The third-order valence-corrected chi connectivity index (χ3v) is 12.4. The molecule has 53 heavy (non-hydrogen) atoms. The number of hydrogen-bond donors (Lipinski definition) is 10. The van der Waals surface area contributed by atoms with Gasteiger partial charge in [0.15, 0.2) is 12.7 Å². The van der Waals surface area contributed by atoms with Gasteiger partial charge in [-0.15, -0.1) is 0 Å². The number of aromatic amines is 2. The number of aryl methyl sites for hydroxylation is 2. The minimum Gasteiger partial charge on any atom is -0.387 e. The third-order valence-electron chi connectivity index (χ3n) is 8.05. The molecule has 6 heterocycles. The van der Waals surface area contributed by atoms with Crippen molar-refractivity contribution < 1.29 is 80.2 Å². The van der Waals surface area contributed by atoms with Crippen LogP contribution in [0.5, 0.6) is 0 Å². The van der Waals surface area contributed by atoms with Crippen LogP contribution < -0.4 is 31.7 Å². The second-order valence-electron chi connectivity index (χ2n) is 11.8. The number of H-pyrrole nitrogens is 2. The van der Waals surface area contributed by atoms with Gasteiger partial charge in [-0.1, -0.05) is 9.97 Å². The molecule has 0 bridgehead atoms. The Hall–Kier alpha value is -3.43. The second kappa shape index (κ2) is 14.0. The lowest BCUT2D eigenvalue weighted by Crippen LogP contribution is -2.46. The fraction of sp³-hybridized carbons (Fsp3) is 0.545. The topological polar surface area (TPSA) is 389 Å². The summed E-state index contributed by atoms with van der Waals surface area (Å²) >= 11 is 0. The van der Waals surface area contributed by atoms with Crippen LogP contribution in [0.25, 0.3) is 22.3 Å². The lowest BCUT2D eigenvalue weighted by Gasteiger charge is -2.22. The van der Waals surface area contributed by atoms with Crippen molar-refractivity contribution in [3.63, 3.8) is 0 Å². The van der Waals surface area contributed by atoms with Gasteiger partial charge in [0.05, 0.1) is 27.3 Å². The standard InChI is InChI=1S/C22H30BN10O17P3/c1-30-5-32(15-9(30)17(38)28-21(24)26-15)19-13(36)11(34)7(47-19)3-45-51(23,40)49-53(43,44)50-52(41,42)46-4-8-12(35)14(37)20(48-8)33-6-31(2)10-16(33)27-22(25)29-18(10)39/h5-8,11-14,19-20,34-37H,3-4H2,1-2H3,(H6-2,24,25,26,27,28,29,38,39,41,42,43,44)/p+2/t7-,8-,11-,12-,13-,14-,19-,20-,51?/m1/s1. The summed E-state index contributed by atoms with van der Waals surface area (Å²) in [5, 5.41) is 42.4. The summed E-state index contributed by atoms with van der Waals surface area (Å²) in [5.74, 6) is -0.532. The predicted octanol–water partition coefficient (Wildman–Crippen LogP) is -4.94. The highest BCUT2D eigenvalue weighted by Gasteiger charge is 2.50. The first-order valence-electron chi connectivity index (χ1n) is 14.9. The molecule has 11 atom stereocenters. The Morgan fingerprint density at radius 1 is 0.774 bits per heavy atom. The molecule has 6 rings (SSSR count). The van der Waals surface area contributed by atoms with Crippen molar-refractivity contribution in [3.8, 4) is 0 Å². The average Bonchev–Trinajstić information content (AvgIpc) is 3.71. The first kappa shape index (κ1) is 39.3. The van der Waals surface area contributed by atoms with E-state index in [1.54, 1.807) is 0 Å². The molecule has 2 aliphatic heterocycles. The number of rotatable bonds is 12. The molecular weight excluding hydrogens is 780 g/mol. The number of aliphatic hydroxyl groups excluding tert-OH is 4. The molecule has 0 spiro atoms. The van der Waals surface area contributed by atoms with E-state index in [0.717, 1.165) is 4.57 Å². The van der Waals surface area contributed by atoms with Crippen molar-refractivity contribution in [3.05, 3.63) is 33.4 Å². The summed E-state index contributed by atoms with van der Waals surface area (Å²) < 4.78 is 71.9. The van der Waals surface area contributed by atoms with Gasteiger partial charge in [0.25, 0.3) is 30.5 Å². The number of nitrogens with one attached hydrogen (secondary N) is 2. The molecule has 0 amide bonds. The van der Waals surface area contributed by atoms with E-state index >= 15 is 0 Å². The molecule has 4 aromatic rings. The molecule has 12 N–H and O–H groups in total. The van der Waals surface area contributed by atoms with Crippen molar-refractivity contribution in [2.75, 3.05) is 24.7 Å². The molecule has 2 saturated heterocycles. The van der Waals surface area contributed by atoms with Gasteiger partial charge >= 0.3 is 26.9 Å². The molecule has 3 unspecified atom stereocenters. The van der Waals surface area contributed by atoms with Crippen LogP contribution in [0.1, 0.15) is 12.5 Å². The molecule has 27 nitrogen and oxygen atoms in total. The van der Waals surface area contributed by atoms with Crippen LogP contribution in [0.4, 0.5) is 11.9 Å². The monoisotopic (exact) mass is 812 g/mol. The first-order chi connectivity index (χ1) is 24.6. The molecule has 0 aromatic carbocycles. The van der Waals surface area contributed by atoms with Crippen LogP contribution >= 0.6 is 23.1 Å². The van der Waals surface area contributed by atoms with E-state index in [4.69, 9.17) is 33.0 Å². The van der Waals surface area contributed by atoms with Crippen LogP contribution in [0, 0.1) is 0 Å². The molecule has 288 valence electrons. The van der Waals surface area contributed by atoms with Crippen LogP contribution in [-0.2, 0) is 54.9 Å². The highest BCUT2D eigenvalue weighted by atomic mass is 31.3. The van der Waals surface area contributed by atoms with Gasteiger partial charge in [-0.3, -0.25) is 37.8 Å². The molecule has 4 aromatic heterocycles. The van der Waals surface area contributed by atoms with Crippen LogP contribution in [-0.4, -0.2) is 117 Å². The first-order valence-corrected chi connectivity index (χ1v) is 19.5. The average molecular weight is 812 g/mol. The summed E-state index contributed by atoms with van der Waals surface area (Å²) in [6, 6.07) is 0. The summed E-state index contributed by atoms with van der Waals surface area (Å²) in [7, 11) is -8.37. The quantitative estimate of drug-likeness (QED) is 0.0364. The summed E-state index contributed by atoms with van der Waals surface area (Å²) in [6.45, 7) is -2.00. The van der Waals surface area contributed by atoms with Gasteiger partial charge in [-0.05, 0) is 0 Å². The zero-order valence-electron chi connectivity index (χ0n) is 27.1. The SMILES string of the molecule is [B]P(=O)(OC[C@H]1O[C@@H]([n+]2cn(C)c3c(=O)[nH]c(N)nc32)[C@H](O)[C@@H]1O)OP(=O)(O)OP(=O)(O)OC[C@H]1O[C@@H]([n+]2cn(C)c3c(=O)[nH]c(N)nc32)[C@H](O)[C@@H]1O. The minimum absolute atomic E-state index is 0.0216. The Balaban J connectivity index is 1.05. The Bertz CT molecular complexity index is 2180. The Morgan fingerprint density at radius 2 is 1.19 bits per heavy atom.